The largest absolute Gasteiger partial charge is 0.420 e. The van der Waals surface area contributed by atoms with E-state index in [9.17, 15) is 19.1 Å². The SMILES string of the molecule is CCOP(=O)(OCC)c1nc(-c2cccc([N+](=O)[O-])c2)oc1NCc1ccc(F)cc1. The van der Waals surface area contributed by atoms with Crippen LogP contribution in [-0.2, 0) is 20.2 Å². The van der Waals surface area contributed by atoms with Gasteiger partial charge in [-0.1, -0.05) is 18.2 Å². The molecule has 0 aliphatic heterocycles. The van der Waals surface area contributed by atoms with Gasteiger partial charge in [-0.05, 0) is 37.6 Å². The highest BCUT2D eigenvalue weighted by molar-refractivity contribution is 7.62. The van der Waals surface area contributed by atoms with Gasteiger partial charge in [0, 0.05) is 24.2 Å². The average molecular weight is 449 g/mol. The molecule has 11 heteroatoms. The number of nitro benzene ring substituents is 1. The Hall–Kier alpha value is -3.07. The number of nitro groups is 1. The van der Waals surface area contributed by atoms with E-state index >= 15 is 0 Å². The highest BCUT2D eigenvalue weighted by Gasteiger charge is 2.36. The smallest absolute Gasteiger partial charge is 0.385 e. The Morgan fingerprint density at radius 1 is 1.16 bits per heavy atom. The molecule has 0 radical (unpaired) electrons. The van der Waals surface area contributed by atoms with Crippen molar-refractivity contribution in [2.75, 3.05) is 18.5 Å². The summed E-state index contributed by atoms with van der Waals surface area (Å²) >= 11 is 0. The summed E-state index contributed by atoms with van der Waals surface area (Å²) in [6, 6.07) is 11.5. The van der Waals surface area contributed by atoms with Crippen LogP contribution in [0.2, 0.25) is 0 Å². The quantitative estimate of drug-likeness (QED) is 0.264. The van der Waals surface area contributed by atoms with Crippen molar-refractivity contribution >= 4 is 24.6 Å². The van der Waals surface area contributed by atoms with Crippen LogP contribution in [0.25, 0.3) is 11.5 Å². The van der Waals surface area contributed by atoms with Crippen molar-refractivity contribution in [3.8, 4) is 11.5 Å². The fraction of sp³-hybridized carbons (Fsp3) is 0.250. The molecule has 9 nitrogen and oxygen atoms in total. The van der Waals surface area contributed by atoms with Gasteiger partial charge in [-0.25, -0.2) is 4.39 Å². The standard InChI is InChI=1S/C20H21FN3O6P/c1-3-28-31(27,29-4-2)20-19(22-13-14-8-10-16(21)11-9-14)30-18(23-20)15-6-5-7-17(12-15)24(25)26/h5-12,22H,3-4,13H2,1-2H3. The van der Waals surface area contributed by atoms with Gasteiger partial charge in [0.2, 0.25) is 17.2 Å². The Labute approximate surface area is 177 Å². The van der Waals surface area contributed by atoms with E-state index < -0.39 is 12.5 Å². The number of nitrogens with zero attached hydrogens (tertiary/aromatic N) is 2. The lowest BCUT2D eigenvalue weighted by Crippen LogP contribution is -2.16. The first-order valence-electron chi connectivity index (χ1n) is 9.50. The number of non-ortho nitro benzene ring substituents is 1. The van der Waals surface area contributed by atoms with E-state index in [4.69, 9.17) is 13.5 Å². The fourth-order valence-electron chi connectivity index (χ4n) is 2.77. The van der Waals surface area contributed by atoms with Crippen molar-refractivity contribution in [2.45, 2.75) is 20.4 Å². The van der Waals surface area contributed by atoms with E-state index in [0.29, 0.717) is 5.56 Å². The lowest BCUT2D eigenvalue weighted by molar-refractivity contribution is -0.384. The molecule has 0 aliphatic rings. The van der Waals surface area contributed by atoms with E-state index in [1.165, 1.54) is 30.3 Å². The van der Waals surface area contributed by atoms with Crippen molar-refractivity contribution in [1.82, 2.24) is 4.98 Å². The highest BCUT2D eigenvalue weighted by Crippen LogP contribution is 2.49. The van der Waals surface area contributed by atoms with Crippen molar-refractivity contribution in [3.63, 3.8) is 0 Å². The summed E-state index contributed by atoms with van der Waals surface area (Å²) in [5.74, 6) is -0.315. The lowest BCUT2D eigenvalue weighted by Gasteiger charge is -2.15. The fourth-order valence-corrected chi connectivity index (χ4v) is 4.36. The summed E-state index contributed by atoms with van der Waals surface area (Å²) in [4.78, 5) is 14.9. The van der Waals surface area contributed by atoms with Gasteiger partial charge >= 0.3 is 7.60 Å². The average Bonchev–Trinajstić information content (AvgIpc) is 3.19. The van der Waals surface area contributed by atoms with Gasteiger partial charge < -0.3 is 18.8 Å². The molecule has 1 heterocycles. The third kappa shape index (κ3) is 5.35. The number of oxazole rings is 1. The molecule has 31 heavy (non-hydrogen) atoms. The number of aromatic nitrogens is 1. The molecular formula is C20H21FN3O6P. The van der Waals surface area contributed by atoms with Crippen LogP contribution in [-0.4, -0.2) is 23.1 Å². The second kappa shape index (κ2) is 9.82. The number of hydrogen-bond acceptors (Lipinski definition) is 8. The van der Waals surface area contributed by atoms with Gasteiger partial charge in [0.15, 0.2) is 0 Å². The molecule has 1 aromatic heterocycles. The summed E-state index contributed by atoms with van der Waals surface area (Å²) in [6.45, 7) is 3.76. The maximum atomic E-state index is 13.3. The molecule has 3 aromatic rings. The minimum Gasteiger partial charge on any atom is -0.420 e. The Morgan fingerprint density at radius 2 is 1.84 bits per heavy atom. The first-order chi connectivity index (χ1) is 14.9. The second-order valence-electron chi connectivity index (χ2n) is 6.29. The van der Waals surface area contributed by atoms with Gasteiger partial charge in [0.05, 0.1) is 18.1 Å². The molecular weight excluding hydrogens is 428 g/mol. The van der Waals surface area contributed by atoms with Gasteiger partial charge in [-0.3, -0.25) is 14.7 Å². The zero-order chi connectivity index (χ0) is 22.4. The van der Waals surface area contributed by atoms with Crippen LogP contribution in [0.4, 0.5) is 16.0 Å². The summed E-state index contributed by atoms with van der Waals surface area (Å²) in [6.07, 6.45) is 0. The lowest BCUT2D eigenvalue weighted by atomic mass is 10.2. The van der Waals surface area contributed by atoms with Gasteiger partial charge in [-0.2, -0.15) is 4.98 Å². The van der Waals surface area contributed by atoms with E-state index in [1.807, 2.05) is 0 Å². The number of rotatable bonds is 10. The molecule has 1 N–H and O–H groups in total. The molecule has 2 aromatic carbocycles. The minimum absolute atomic E-state index is 0.0138. The second-order valence-corrected chi connectivity index (χ2v) is 8.23. The van der Waals surface area contributed by atoms with E-state index in [-0.39, 0.29) is 48.5 Å². The molecule has 0 atom stereocenters. The van der Waals surface area contributed by atoms with Crippen molar-refractivity contribution < 1.29 is 27.3 Å². The molecule has 0 saturated carbocycles. The first kappa shape index (κ1) is 22.6. The zero-order valence-electron chi connectivity index (χ0n) is 16.9. The van der Waals surface area contributed by atoms with Crippen LogP contribution in [0.1, 0.15) is 19.4 Å². The van der Waals surface area contributed by atoms with Crippen LogP contribution in [0, 0.1) is 15.9 Å². The summed E-state index contributed by atoms with van der Waals surface area (Å²) in [5.41, 5.74) is 0.851. The Balaban J connectivity index is 2.02. The number of hydrogen-bond donors (Lipinski definition) is 1. The monoisotopic (exact) mass is 449 g/mol. The molecule has 0 spiro atoms. The topological polar surface area (TPSA) is 117 Å². The predicted molar refractivity (Wildman–Crippen MR) is 113 cm³/mol. The number of anilines is 1. The minimum atomic E-state index is -3.83. The number of nitrogens with one attached hydrogen (secondary N) is 1. The summed E-state index contributed by atoms with van der Waals surface area (Å²) in [7, 11) is -3.83. The molecule has 0 unspecified atom stereocenters. The Kier molecular flexibility index (Phi) is 7.17. The maximum Gasteiger partial charge on any atom is 0.385 e. The van der Waals surface area contributed by atoms with Crippen molar-refractivity contribution in [1.29, 1.82) is 0 Å². The van der Waals surface area contributed by atoms with Crippen LogP contribution in [0.3, 0.4) is 0 Å². The third-order valence-corrected chi connectivity index (χ3v) is 6.16. The van der Waals surface area contributed by atoms with E-state index in [2.05, 4.69) is 10.3 Å². The number of benzene rings is 2. The molecule has 0 bridgehead atoms. The number of halogens is 1. The highest BCUT2D eigenvalue weighted by atomic mass is 31.2. The molecule has 0 fully saturated rings. The molecule has 0 amide bonds. The van der Waals surface area contributed by atoms with E-state index in [0.717, 1.165) is 5.56 Å². The van der Waals surface area contributed by atoms with Gasteiger partial charge in [-0.15, -0.1) is 0 Å². The molecule has 0 aliphatic carbocycles. The van der Waals surface area contributed by atoms with Crippen LogP contribution in [0.5, 0.6) is 0 Å². The van der Waals surface area contributed by atoms with Crippen molar-refractivity contribution in [3.05, 3.63) is 70.0 Å². The summed E-state index contributed by atoms with van der Waals surface area (Å²) in [5, 5.41) is 14.1. The normalized spacial score (nSPS) is 11.5. The van der Waals surface area contributed by atoms with Gasteiger partial charge in [0.25, 0.3) is 5.69 Å². The Morgan fingerprint density at radius 3 is 2.45 bits per heavy atom. The molecule has 3 rings (SSSR count). The molecule has 164 valence electrons. The van der Waals surface area contributed by atoms with Crippen molar-refractivity contribution in [2.24, 2.45) is 0 Å². The molecule has 0 saturated heterocycles. The predicted octanol–water partition coefficient (Wildman–Crippen LogP) is 4.89. The zero-order valence-corrected chi connectivity index (χ0v) is 17.8. The van der Waals surface area contributed by atoms with Crippen LogP contribution in [0.15, 0.2) is 52.9 Å². The van der Waals surface area contributed by atoms with Crippen LogP contribution >= 0.6 is 7.60 Å². The van der Waals surface area contributed by atoms with E-state index in [1.54, 1.807) is 32.0 Å². The summed E-state index contributed by atoms with van der Waals surface area (Å²) < 4.78 is 43.0. The van der Waals surface area contributed by atoms with Gasteiger partial charge in [0.1, 0.15) is 5.82 Å². The third-order valence-electron chi connectivity index (χ3n) is 4.14. The maximum absolute atomic E-state index is 13.3. The first-order valence-corrected chi connectivity index (χ1v) is 11.0. The Bertz CT molecular complexity index is 1090. The van der Waals surface area contributed by atoms with Crippen LogP contribution < -0.4 is 10.8 Å².